The molecule has 2 aromatic rings. The van der Waals surface area contributed by atoms with Crippen LogP contribution in [0.5, 0.6) is 0 Å². The van der Waals surface area contributed by atoms with E-state index in [-0.39, 0.29) is 18.8 Å². The maximum Gasteiger partial charge on any atom is 0.414 e. The topological polar surface area (TPSA) is 70.4 Å². The molecular formula is C23H20N2O3. The molecule has 1 amide bonds. The molecule has 3 rings (SSSR count). The summed E-state index contributed by atoms with van der Waals surface area (Å²) in [5, 5.41) is 9.08. The maximum atomic E-state index is 13.2. The van der Waals surface area contributed by atoms with E-state index in [2.05, 4.69) is 12.6 Å². The maximum absolute atomic E-state index is 13.2. The smallest absolute Gasteiger partial charge is 0.414 e. The van der Waals surface area contributed by atoms with Crippen LogP contribution in [0.3, 0.4) is 0 Å². The van der Waals surface area contributed by atoms with E-state index in [0.717, 1.165) is 5.56 Å². The monoisotopic (exact) mass is 372 g/mol. The van der Waals surface area contributed by atoms with Crippen molar-refractivity contribution >= 4 is 23.1 Å². The Bertz CT molecular complexity index is 954. The third-order valence-corrected chi connectivity index (χ3v) is 4.47. The molecule has 0 spiro atoms. The summed E-state index contributed by atoms with van der Waals surface area (Å²) in [6.07, 6.45) is 2.05. The standard InChI is InChI=1S/C23H20N2O3/c1-2-3-9-20(26)21(18-7-5-4-6-8-18)22(25-14-15-28-23(25)27)19-12-10-17(16-24)11-13-19/h2,4-8,10-13H,1,3,9,14-15H2/b22-21+. The molecule has 0 bridgehead atoms. The molecule has 0 atom stereocenters. The summed E-state index contributed by atoms with van der Waals surface area (Å²) in [7, 11) is 0. The summed E-state index contributed by atoms with van der Waals surface area (Å²) >= 11 is 0. The minimum absolute atomic E-state index is 0.0786. The third-order valence-electron chi connectivity index (χ3n) is 4.47. The highest BCUT2D eigenvalue weighted by Gasteiger charge is 2.31. The number of carbonyl (C=O) groups excluding carboxylic acids is 2. The molecule has 1 heterocycles. The number of allylic oxidation sites excluding steroid dienone is 2. The van der Waals surface area contributed by atoms with Crippen molar-refractivity contribution in [1.82, 2.24) is 4.90 Å². The van der Waals surface area contributed by atoms with Crippen molar-refractivity contribution in [3.63, 3.8) is 0 Å². The number of Topliss-reactive ketones (excluding diaryl/α,β-unsaturated/α-hetero) is 1. The van der Waals surface area contributed by atoms with Crippen molar-refractivity contribution in [3.8, 4) is 6.07 Å². The van der Waals surface area contributed by atoms with Gasteiger partial charge in [-0.15, -0.1) is 6.58 Å². The Hall–Kier alpha value is -3.65. The zero-order valence-electron chi connectivity index (χ0n) is 15.4. The summed E-state index contributed by atoms with van der Waals surface area (Å²) in [4.78, 5) is 27.0. The second-order valence-corrected chi connectivity index (χ2v) is 6.30. The number of ether oxygens (including phenoxy) is 1. The number of carbonyl (C=O) groups is 2. The van der Waals surface area contributed by atoms with Gasteiger partial charge in [-0.2, -0.15) is 5.26 Å². The molecule has 0 aromatic heterocycles. The number of cyclic esters (lactones) is 1. The van der Waals surface area contributed by atoms with Gasteiger partial charge in [0.1, 0.15) is 6.61 Å². The van der Waals surface area contributed by atoms with Crippen LogP contribution in [-0.2, 0) is 9.53 Å². The van der Waals surface area contributed by atoms with E-state index in [1.165, 1.54) is 4.90 Å². The van der Waals surface area contributed by atoms with Crippen LogP contribution < -0.4 is 0 Å². The highest BCUT2D eigenvalue weighted by Crippen LogP contribution is 2.33. The predicted octanol–water partition coefficient (Wildman–Crippen LogP) is 4.41. The van der Waals surface area contributed by atoms with E-state index in [1.807, 2.05) is 30.3 Å². The lowest BCUT2D eigenvalue weighted by Gasteiger charge is -2.22. The van der Waals surface area contributed by atoms with Gasteiger partial charge in [0.25, 0.3) is 0 Å². The van der Waals surface area contributed by atoms with Gasteiger partial charge in [0.2, 0.25) is 0 Å². The Morgan fingerprint density at radius 3 is 2.43 bits per heavy atom. The molecule has 1 fully saturated rings. The fourth-order valence-corrected chi connectivity index (χ4v) is 3.13. The molecule has 140 valence electrons. The molecule has 1 aliphatic heterocycles. The zero-order chi connectivity index (χ0) is 19.9. The SMILES string of the molecule is C=CCCC(=O)/C(=C(\c1ccc(C#N)cc1)N1CCOC1=O)c1ccccc1. The van der Waals surface area contributed by atoms with Gasteiger partial charge in [-0.05, 0) is 29.7 Å². The number of benzene rings is 2. The number of hydrogen-bond donors (Lipinski definition) is 0. The van der Waals surface area contributed by atoms with Crippen LogP contribution in [0.2, 0.25) is 0 Å². The highest BCUT2D eigenvalue weighted by atomic mass is 16.6. The summed E-state index contributed by atoms with van der Waals surface area (Å²) in [6.45, 7) is 4.32. The minimum atomic E-state index is -0.482. The van der Waals surface area contributed by atoms with E-state index in [4.69, 9.17) is 10.00 Å². The van der Waals surface area contributed by atoms with Crippen molar-refractivity contribution in [3.05, 3.63) is 83.9 Å². The Morgan fingerprint density at radius 2 is 1.86 bits per heavy atom. The molecule has 5 nitrogen and oxygen atoms in total. The molecule has 5 heteroatoms. The zero-order valence-corrected chi connectivity index (χ0v) is 15.4. The highest BCUT2D eigenvalue weighted by molar-refractivity contribution is 6.28. The van der Waals surface area contributed by atoms with Crippen molar-refractivity contribution in [2.24, 2.45) is 0 Å². The van der Waals surface area contributed by atoms with Gasteiger partial charge in [-0.1, -0.05) is 48.5 Å². The van der Waals surface area contributed by atoms with Crippen molar-refractivity contribution < 1.29 is 14.3 Å². The number of rotatable bonds is 7. The van der Waals surface area contributed by atoms with Crippen molar-refractivity contribution in [1.29, 1.82) is 5.26 Å². The molecule has 0 unspecified atom stereocenters. The fourth-order valence-electron chi connectivity index (χ4n) is 3.13. The lowest BCUT2D eigenvalue weighted by Crippen LogP contribution is -2.25. The van der Waals surface area contributed by atoms with Crippen LogP contribution in [-0.4, -0.2) is 29.9 Å². The Labute approximate surface area is 164 Å². The van der Waals surface area contributed by atoms with Gasteiger partial charge in [0.05, 0.1) is 23.9 Å². The Morgan fingerprint density at radius 1 is 1.14 bits per heavy atom. The quantitative estimate of drug-likeness (QED) is 0.410. The molecular weight excluding hydrogens is 352 g/mol. The number of nitrogens with zero attached hydrogens (tertiary/aromatic N) is 2. The van der Waals surface area contributed by atoms with Gasteiger partial charge >= 0.3 is 6.09 Å². The molecule has 1 aliphatic rings. The first-order valence-corrected chi connectivity index (χ1v) is 9.04. The van der Waals surface area contributed by atoms with Crippen LogP contribution in [0.15, 0.2) is 67.3 Å². The van der Waals surface area contributed by atoms with Gasteiger partial charge in [0.15, 0.2) is 5.78 Å². The average Bonchev–Trinajstić information content (AvgIpc) is 3.16. The van der Waals surface area contributed by atoms with Crippen LogP contribution >= 0.6 is 0 Å². The molecule has 2 aromatic carbocycles. The van der Waals surface area contributed by atoms with Crippen molar-refractivity contribution in [2.75, 3.05) is 13.2 Å². The van der Waals surface area contributed by atoms with E-state index in [9.17, 15) is 9.59 Å². The number of ketones is 1. The second-order valence-electron chi connectivity index (χ2n) is 6.30. The van der Waals surface area contributed by atoms with E-state index >= 15 is 0 Å². The van der Waals surface area contributed by atoms with E-state index in [0.29, 0.717) is 35.4 Å². The van der Waals surface area contributed by atoms with Gasteiger partial charge in [0, 0.05) is 12.0 Å². The first kappa shape index (κ1) is 19.1. The van der Waals surface area contributed by atoms with Crippen LogP contribution in [0.1, 0.15) is 29.5 Å². The third kappa shape index (κ3) is 4.02. The van der Waals surface area contributed by atoms with Crippen LogP contribution in [0, 0.1) is 11.3 Å². The summed E-state index contributed by atoms with van der Waals surface area (Å²) < 4.78 is 5.13. The Kier molecular flexibility index (Phi) is 6.03. The van der Waals surface area contributed by atoms with Crippen molar-refractivity contribution in [2.45, 2.75) is 12.8 Å². The normalized spacial score (nSPS) is 14.1. The van der Waals surface area contributed by atoms with Gasteiger partial charge < -0.3 is 4.74 Å². The lowest BCUT2D eigenvalue weighted by atomic mass is 9.93. The molecule has 28 heavy (non-hydrogen) atoms. The number of amides is 1. The van der Waals surface area contributed by atoms with E-state index in [1.54, 1.807) is 30.3 Å². The molecule has 0 N–H and O–H groups in total. The average molecular weight is 372 g/mol. The second kappa shape index (κ2) is 8.83. The molecule has 0 saturated carbocycles. The largest absolute Gasteiger partial charge is 0.447 e. The molecule has 0 radical (unpaired) electrons. The molecule has 1 saturated heterocycles. The lowest BCUT2D eigenvalue weighted by molar-refractivity contribution is -0.113. The Balaban J connectivity index is 2.24. The van der Waals surface area contributed by atoms with E-state index < -0.39 is 6.09 Å². The first-order chi connectivity index (χ1) is 13.7. The van der Waals surface area contributed by atoms with Gasteiger partial charge in [-0.25, -0.2) is 4.79 Å². The predicted molar refractivity (Wildman–Crippen MR) is 107 cm³/mol. The van der Waals surface area contributed by atoms with Crippen LogP contribution in [0.25, 0.3) is 11.3 Å². The summed E-state index contributed by atoms with van der Waals surface area (Å²) in [5.74, 6) is -0.0786. The first-order valence-electron chi connectivity index (χ1n) is 9.04. The molecule has 0 aliphatic carbocycles. The summed E-state index contributed by atoms with van der Waals surface area (Å²) in [5.41, 5.74) is 2.89. The van der Waals surface area contributed by atoms with Gasteiger partial charge in [-0.3, -0.25) is 9.69 Å². The fraction of sp³-hybridized carbons (Fsp3) is 0.174. The summed E-state index contributed by atoms with van der Waals surface area (Å²) in [6, 6.07) is 18.2. The minimum Gasteiger partial charge on any atom is -0.447 e. The number of nitriles is 1. The van der Waals surface area contributed by atoms with Crippen LogP contribution in [0.4, 0.5) is 4.79 Å². The number of hydrogen-bond acceptors (Lipinski definition) is 4.